The molecule has 2 aromatic carbocycles. The van der Waals surface area contributed by atoms with E-state index in [9.17, 15) is 17.2 Å². The average molecular weight is 283 g/mol. The van der Waals surface area contributed by atoms with Crippen LogP contribution in [0.1, 0.15) is 5.56 Å². The van der Waals surface area contributed by atoms with Gasteiger partial charge in [0.2, 0.25) is 0 Å². The molecule has 0 aliphatic heterocycles. The maximum Gasteiger partial charge on any atom is 0.261 e. The SMILES string of the molecule is Cc1ccc(S(=O)(=O)Nc2cc(F)cc(F)c2)cc1. The minimum absolute atomic E-state index is 0.0303. The van der Waals surface area contributed by atoms with Gasteiger partial charge in [0.25, 0.3) is 10.0 Å². The molecule has 0 saturated heterocycles. The molecule has 0 amide bonds. The van der Waals surface area contributed by atoms with E-state index in [4.69, 9.17) is 0 Å². The van der Waals surface area contributed by atoms with Crippen molar-refractivity contribution in [1.82, 2.24) is 0 Å². The van der Waals surface area contributed by atoms with Crippen molar-refractivity contribution in [3.63, 3.8) is 0 Å². The molecule has 0 spiro atoms. The molecule has 6 heteroatoms. The fourth-order valence-electron chi connectivity index (χ4n) is 1.54. The van der Waals surface area contributed by atoms with Gasteiger partial charge in [0.05, 0.1) is 10.6 Å². The lowest BCUT2D eigenvalue weighted by molar-refractivity contribution is 0.584. The maximum absolute atomic E-state index is 13.0. The summed E-state index contributed by atoms with van der Waals surface area (Å²) in [5.74, 6) is -1.69. The second kappa shape index (κ2) is 4.97. The van der Waals surface area contributed by atoms with Crippen LogP contribution in [-0.2, 0) is 10.0 Å². The van der Waals surface area contributed by atoms with E-state index < -0.39 is 21.7 Å². The van der Waals surface area contributed by atoms with E-state index in [1.54, 1.807) is 12.1 Å². The summed E-state index contributed by atoms with van der Waals surface area (Å²) in [5, 5.41) is 0. The molecule has 0 aliphatic rings. The van der Waals surface area contributed by atoms with Gasteiger partial charge in [-0.15, -0.1) is 0 Å². The molecule has 0 aliphatic carbocycles. The molecule has 0 radical (unpaired) electrons. The van der Waals surface area contributed by atoms with E-state index in [-0.39, 0.29) is 10.6 Å². The number of halogens is 2. The van der Waals surface area contributed by atoms with Gasteiger partial charge in [-0.25, -0.2) is 17.2 Å². The number of hydrogen-bond donors (Lipinski definition) is 1. The number of rotatable bonds is 3. The van der Waals surface area contributed by atoms with Crippen LogP contribution in [0.15, 0.2) is 47.4 Å². The molecule has 1 N–H and O–H groups in total. The summed E-state index contributed by atoms with van der Waals surface area (Å²) in [6.07, 6.45) is 0. The van der Waals surface area contributed by atoms with Gasteiger partial charge in [-0.1, -0.05) is 17.7 Å². The summed E-state index contributed by atoms with van der Waals surface area (Å²) in [5.41, 5.74) is 0.758. The number of sulfonamides is 1. The third-order valence-electron chi connectivity index (χ3n) is 2.45. The van der Waals surface area contributed by atoms with Crippen LogP contribution >= 0.6 is 0 Å². The zero-order valence-corrected chi connectivity index (χ0v) is 10.8. The van der Waals surface area contributed by atoms with Crippen molar-refractivity contribution < 1.29 is 17.2 Å². The number of aryl methyl sites for hydroxylation is 1. The molecule has 2 aromatic rings. The molecular formula is C13H11F2NO2S. The first kappa shape index (κ1) is 13.5. The summed E-state index contributed by atoms with van der Waals surface area (Å²) in [6.45, 7) is 1.83. The van der Waals surface area contributed by atoms with Gasteiger partial charge in [0, 0.05) is 6.07 Å². The molecule has 0 atom stereocenters. The third-order valence-corrected chi connectivity index (χ3v) is 3.84. The fraction of sp³-hybridized carbons (Fsp3) is 0.0769. The van der Waals surface area contributed by atoms with Crippen molar-refractivity contribution in [3.8, 4) is 0 Å². The molecule has 0 bridgehead atoms. The van der Waals surface area contributed by atoms with Crippen LogP contribution < -0.4 is 4.72 Å². The Bertz CT molecular complexity index is 677. The van der Waals surface area contributed by atoms with E-state index in [1.165, 1.54) is 12.1 Å². The van der Waals surface area contributed by atoms with Crippen LogP contribution in [0.4, 0.5) is 14.5 Å². The highest BCUT2D eigenvalue weighted by atomic mass is 32.2. The Morgan fingerprint density at radius 1 is 0.947 bits per heavy atom. The summed E-state index contributed by atoms with van der Waals surface area (Å²) in [4.78, 5) is 0.0303. The molecule has 0 unspecified atom stereocenters. The van der Waals surface area contributed by atoms with Gasteiger partial charge < -0.3 is 0 Å². The Labute approximate surface area is 109 Å². The first-order valence-electron chi connectivity index (χ1n) is 5.42. The Morgan fingerprint density at radius 3 is 2.00 bits per heavy atom. The van der Waals surface area contributed by atoms with Gasteiger partial charge in [-0.2, -0.15) is 0 Å². The summed E-state index contributed by atoms with van der Waals surface area (Å²) in [6, 6.07) is 8.62. The molecule has 2 rings (SSSR count). The molecule has 19 heavy (non-hydrogen) atoms. The number of hydrogen-bond acceptors (Lipinski definition) is 2. The fourth-order valence-corrected chi connectivity index (χ4v) is 2.58. The normalized spacial score (nSPS) is 11.3. The van der Waals surface area contributed by atoms with Crippen LogP contribution in [-0.4, -0.2) is 8.42 Å². The molecule has 0 saturated carbocycles. The molecule has 3 nitrogen and oxygen atoms in total. The van der Waals surface area contributed by atoms with E-state index in [1.807, 2.05) is 6.92 Å². The van der Waals surface area contributed by atoms with Crippen LogP contribution in [0.2, 0.25) is 0 Å². The Balaban J connectivity index is 2.33. The van der Waals surface area contributed by atoms with Crippen LogP contribution in [0, 0.1) is 18.6 Å². The largest absolute Gasteiger partial charge is 0.279 e. The summed E-state index contributed by atoms with van der Waals surface area (Å²) in [7, 11) is -3.85. The molecule has 0 aromatic heterocycles. The molecule has 100 valence electrons. The predicted octanol–water partition coefficient (Wildman–Crippen LogP) is 3.07. The second-order valence-electron chi connectivity index (χ2n) is 4.08. The summed E-state index contributed by atoms with van der Waals surface area (Å²) >= 11 is 0. The number of anilines is 1. The second-order valence-corrected chi connectivity index (χ2v) is 5.76. The average Bonchev–Trinajstić information content (AvgIpc) is 2.27. The summed E-state index contributed by atoms with van der Waals surface area (Å²) < 4.78 is 52.1. The lowest BCUT2D eigenvalue weighted by Gasteiger charge is -2.08. The Morgan fingerprint density at radius 2 is 1.47 bits per heavy atom. The Hall–Kier alpha value is -1.95. The van der Waals surface area contributed by atoms with E-state index in [2.05, 4.69) is 4.72 Å². The first-order valence-corrected chi connectivity index (χ1v) is 6.91. The van der Waals surface area contributed by atoms with E-state index in [0.29, 0.717) is 6.07 Å². The molecular weight excluding hydrogens is 272 g/mol. The lowest BCUT2D eigenvalue weighted by Crippen LogP contribution is -2.13. The highest BCUT2D eigenvalue weighted by Crippen LogP contribution is 2.18. The van der Waals surface area contributed by atoms with Gasteiger partial charge in [0.1, 0.15) is 11.6 Å². The van der Waals surface area contributed by atoms with E-state index >= 15 is 0 Å². The zero-order chi connectivity index (χ0) is 14.0. The van der Waals surface area contributed by atoms with Crippen LogP contribution in [0.3, 0.4) is 0 Å². The predicted molar refractivity (Wildman–Crippen MR) is 68.3 cm³/mol. The zero-order valence-electron chi connectivity index (χ0n) is 10.0. The monoisotopic (exact) mass is 283 g/mol. The van der Waals surface area contributed by atoms with Gasteiger partial charge in [0.15, 0.2) is 0 Å². The van der Waals surface area contributed by atoms with Crippen molar-refractivity contribution in [3.05, 3.63) is 59.7 Å². The van der Waals surface area contributed by atoms with Crippen molar-refractivity contribution in [1.29, 1.82) is 0 Å². The highest BCUT2D eigenvalue weighted by molar-refractivity contribution is 7.92. The van der Waals surface area contributed by atoms with Crippen molar-refractivity contribution in [2.24, 2.45) is 0 Å². The van der Waals surface area contributed by atoms with E-state index in [0.717, 1.165) is 17.7 Å². The third kappa shape index (κ3) is 3.29. The van der Waals surface area contributed by atoms with Crippen LogP contribution in [0.5, 0.6) is 0 Å². The molecule has 0 fully saturated rings. The number of nitrogens with one attached hydrogen (secondary N) is 1. The highest BCUT2D eigenvalue weighted by Gasteiger charge is 2.14. The minimum atomic E-state index is -3.85. The lowest BCUT2D eigenvalue weighted by atomic mass is 10.2. The van der Waals surface area contributed by atoms with Crippen molar-refractivity contribution >= 4 is 15.7 Å². The van der Waals surface area contributed by atoms with Crippen molar-refractivity contribution in [2.45, 2.75) is 11.8 Å². The molecule has 0 heterocycles. The van der Waals surface area contributed by atoms with Crippen LogP contribution in [0.25, 0.3) is 0 Å². The van der Waals surface area contributed by atoms with Gasteiger partial charge in [-0.05, 0) is 31.2 Å². The van der Waals surface area contributed by atoms with Gasteiger partial charge in [-0.3, -0.25) is 4.72 Å². The topological polar surface area (TPSA) is 46.2 Å². The quantitative estimate of drug-likeness (QED) is 0.941. The maximum atomic E-state index is 13.0. The smallest absolute Gasteiger partial charge is 0.261 e. The van der Waals surface area contributed by atoms with Gasteiger partial charge >= 0.3 is 0 Å². The standard InChI is InChI=1S/C13H11F2NO2S/c1-9-2-4-13(5-3-9)19(17,18)16-12-7-10(14)6-11(15)8-12/h2-8,16H,1H3. The first-order chi connectivity index (χ1) is 8.87. The Kier molecular flexibility index (Phi) is 3.53. The van der Waals surface area contributed by atoms with Crippen molar-refractivity contribution in [2.75, 3.05) is 4.72 Å². The minimum Gasteiger partial charge on any atom is -0.279 e. The number of benzene rings is 2.